The maximum absolute atomic E-state index is 5.85. The first-order chi connectivity index (χ1) is 8.86. The average Bonchev–Trinajstić information content (AvgIpc) is 2.33. The Morgan fingerprint density at radius 1 is 0.947 bits per heavy atom. The zero-order valence-electron chi connectivity index (χ0n) is 12.0. The van der Waals surface area contributed by atoms with Crippen molar-refractivity contribution in [3.8, 4) is 0 Å². The molecule has 0 aromatic heterocycles. The van der Waals surface area contributed by atoms with E-state index < -0.39 is 0 Å². The van der Waals surface area contributed by atoms with Gasteiger partial charge in [-0.1, -0.05) is 50.7 Å². The predicted octanol–water partition coefficient (Wildman–Crippen LogP) is 5.03. The van der Waals surface area contributed by atoms with Crippen LogP contribution in [-0.2, 0) is 5.41 Å². The molecule has 2 aromatic rings. The van der Waals surface area contributed by atoms with E-state index in [9.17, 15) is 0 Å². The molecule has 0 aliphatic heterocycles. The molecule has 0 atom stereocenters. The number of hydrogen-bond donors (Lipinski definition) is 1. The van der Waals surface area contributed by atoms with Crippen LogP contribution in [0.3, 0.4) is 0 Å². The molecule has 0 radical (unpaired) electrons. The van der Waals surface area contributed by atoms with Crippen LogP contribution in [0.5, 0.6) is 0 Å². The van der Waals surface area contributed by atoms with Gasteiger partial charge in [0.2, 0.25) is 0 Å². The van der Waals surface area contributed by atoms with Crippen LogP contribution in [-0.4, -0.2) is 0 Å². The van der Waals surface area contributed by atoms with Gasteiger partial charge in [-0.3, -0.25) is 0 Å². The van der Waals surface area contributed by atoms with Crippen LogP contribution in [0, 0.1) is 6.92 Å². The molecular formula is C17H21NS. The first-order valence-electron chi connectivity index (χ1n) is 6.51. The van der Waals surface area contributed by atoms with Crippen molar-refractivity contribution >= 4 is 17.4 Å². The Morgan fingerprint density at radius 3 is 2.16 bits per heavy atom. The van der Waals surface area contributed by atoms with Crippen molar-refractivity contribution in [3.05, 3.63) is 53.6 Å². The number of nitrogen functional groups attached to an aromatic ring is 1. The van der Waals surface area contributed by atoms with Gasteiger partial charge in [0.1, 0.15) is 0 Å². The van der Waals surface area contributed by atoms with Crippen molar-refractivity contribution in [2.45, 2.75) is 42.9 Å². The molecule has 0 fully saturated rings. The van der Waals surface area contributed by atoms with Crippen LogP contribution >= 0.6 is 11.8 Å². The Bertz CT molecular complexity index is 565. The Balaban J connectivity index is 2.22. The van der Waals surface area contributed by atoms with Crippen LogP contribution in [0.2, 0.25) is 0 Å². The Labute approximate surface area is 120 Å². The first-order valence-corrected chi connectivity index (χ1v) is 7.32. The number of rotatable bonds is 2. The molecule has 2 aromatic carbocycles. The number of hydrogen-bond acceptors (Lipinski definition) is 2. The van der Waals surface area contributed by atoms with Gasteiger partial charge >= 0.3 is 0 Å². The van der Waals surface area contributed by atoms with Gasteiger partial charge in [-0.15, -0.1) is 0 Å². The van der Waals surface area contributed by atoms with Crippen LogP contribution in [0.15, 0.2) is 52.3 Å². The fourth-order valence-corrected chi connectivity index (χ4v) is 2.83. The van der Waals surface area contributed by atoms with Crippen molar-refractivity contribution in [1.29, 1.82) is 0 Å². The van der Waals surface area contributed by atoms with Gasteiger partial charge in [-0.05, 0) is 47.7 Å². The van der Waals surface area contributed by atoms with E-state index in [0.717, 1.165) is 5.69 Å². The van der Waals surface area contributed by atoms with E-state index in [4.69, 9.17) is 5.73 Å². The monoisotopic (exact) mass is 271 g/mol. The molecule has 19 heavy (non-hydrogen) atoms. The molecule has 1 nitrogen and oxygen atoms in total. The molecule has 100 valence electrons. The fraction of sp³-hybridized carbons (Fsp3) is 0.294. The van der Waals surface area contributed by atoms with E-state index in [1.54, 1.807) is 11.8 Å². The van der Waals surface area contributed by atoms with Gasteiger partial charge in [0.05, 0.1) is 0 Å². The summed E-state index contributed by atoms with van der Waals surface area (Å²) < 4.78 is 0. The normalized spacial score (nSPS) is 11.6. The van der Waals surface area contributed by atoms with E-state index >= 15 is 0 Å². The summed E-state index contributed by atoms with van der Waals surface area (Å²) >= 11 is 1.77. The predicted molar refractivity (Wildman–Crippen MR) is 84.9 cm³/mol. The third-order valence-electron chi connectivity index (χ3n) is 3.16. The van der Waals surface area contributed by atoms with Crippen LogP contribution in [0.4, 0.5) is 5.69 Å². The topological polar surface area (TPSA) is 26.0 Å². The molecule has 0 saturated heterocycles. The van der Waals surface area contributed by atoms with Crippen LogP contribution in [0.25, 0.3) is 0 Å². The zero-order chi connectivity index (χ0) is 14.0. The summed E-state index contributed by atoms with van der Waals surface area (Å²) in [6.45, 7) is 8.82. The number of nitrogens with two attached hydrogens (primary N) is 1. The summed E-state index contributed by atoms with van der Waals surface area (Å²) in [6, 6.07) is 14.9. The summed E-state index contributed by atoms with van der Waals surface area (Å²) in [5, 5.41) is 0. The molecule has 0 bridgehead atoms. The summed E-state index contributed by atoms with van der Waals surface area (Å²) in [5.74, 6) is 0. The van der Waals surface area contributed by atoms with Crippen molar-refractivity contribution < 1.29 is 0 Å². The lowest BCUT2D eigenvalue weighted by atomic mass is 9.87. The van der Waals surface area contributed by atoms with Gasteiger partial charge in [0, 0.05) is 15.5 Å². The Kier molecular flexibility index (Phi) is 3.91. The lowest BCUT2D eigenvalue weighted by Crippen LogP contribution is -2.10. The molecule has 0 heterocycles. The van der Waals surface area contributed by atoms with Crippen molar-refractivity contribution in [2.24, 2.45) is 0 Å². The van der Waals surface area contributed by atoms with Crippen molar-refractivity contribution in [2.75, 3.05) is 5.73 Å². The summed E-state index contributed by atoms with van der Waals surface area (Å²) in [5.41, 5.74) is 9.50. The highest BCUT2D eigenvalue weighted by Gasteiger charge is 2.13. The Hall–Kier alpha value is -1.41. The smallest absolute Gasteiger partial charge is 0.0325 e. The number of benzene rings is 2. The number of anilines is 1. The van der Waals surface area contributed by atoms with Gasteiger partial charge in [0.15, 0.2) is 0 Å². The molecule has 0 saturated carbocycles. The molecule has 0 unspecified atom stereocenters. The van der Waals surface area contributed by atoms with Gasteiger partial charge in [-0.25, -0.2) is 0 Å². The molecule has 0 aliphatic carbocycles. The maximum Gasteiger partial charge on any atom is 0.0325 e. The summed E-state index contributed by atoms with van der Waals surface area (Å²) in [7, 11) is 0. The molecule has 0 aliphatic rings. The summed E-state index contributed by atoms with van der Waals surface area (Å²) in [4.78, 5) is 2.48. The Morgan fingerprint density at radius 2 is 1.58 bits per heavy atom. The zero-order valence-corrected chi connectivity index (χ0v) is 12.8. The minimum atomic E-state index is 0.205. The maximum atomic E-state index is 5.85. The SMILES string of the molecule is Cc1ccc(N)cc1Sc1ccc(C(C)(C)C)cc1. The van der Waals surface area contributed by atoms with E-state index in [-0.39, 0.29) is 5.41 Å². The second-order valence-corrected chi connectivity index (χ2v) is 7.02. The second kappa shape index (κ2) is 5.30. The molecule has 2 N–H and O–H groups in total. The van der Waals surface area contributed by atoms with Crippen molar-refractivity contribution in [1.82, 2.24) is 0 Å². The number of aryl methyl sites for hydroxylation is 1. The lowest BCUT2D eigenvalue weighted by Gasteiger charge is -2.19. The summed E-state index contributed by atoms with van der Waals surface area (Å²) in [6.07, 6.45) is 0. The molecule has 2 rings (SSSR count). The third kappa shape index (κ3) is 3.54. The largest absolute Gasteiger partial charge is 0.399 e. The van der Waals surface area contributed by atoms with Crippen LogP contribution < -0.4 is 5.73 Å². The molecular weight excluding hydrogens is 250 g/mol. The van der Waals surface area contributed by atoms with Crippen molar-refractivity contribution in [3.63, 3.8) is 0 Å². The van der Waals surface area contributed by atoms with Gasteiger partial charge in [0.25, 0.3) is 0 Å². The van der Waals surface area contributed by atoms with E-state index in [2.05, 4.69) is 58.0 Å². The minimum absolute atomic E-state index is 0.205. The fourth-order valence-electron chi connectivity index (χ4n) is 1.88. The highest BCUT2D eigenvalue weighted by Crippen LogP contribution is 2.33. The third-order valence-corrected chi connectivity index (χ3v) is 4.33. The van der Waals surface area contributed by atoms with Gasteiger partial charge in [-0.2, -0.15) is 0 Å². The minimum Gasteiger partial charge on any atom is -0.399 e. The van der Waals surface area contributed by atoms with E-state index in [1.165, 1.54) is 20.9 Å². The highest BCUT2D eigenvalue weighted by atomic mass is 32.2. The molecule has 2 heteroatoms. The first kappa shape index (κ1) is 14.0. The molecule has 0 spiro atoms. The second-order valence-electron chi connectivity index (χ2n) is 5.90. The molecule has 0 amide bonds. The standard InChI is InChI=1S/C17H21NS/c1-12-5-8-14(18)11-16(12)19-15-9-6-13(7-10-15)17(2,3)4/h5-11H,18H2,1-4H3. The lowest BCUT2D eigenvalue weighted by molar-refractivity contribution is 0.590. The highest BCUT2D eigenvalue weighted by molar-refractivity contribution is 7.99. The average molecular weight is 271 g/mol. The van der Waals surface area contributed by atoms with E-state index in [0.29, 0.717) is 0 Å². The quantitative estimate of drug-likeness (QED) is 0.776. The van der Waals surface area contributed by atoms with E-state index in [1.807, 2.05) is 12.1 Å². The van der Waals surface area contributed by atoms with Crippen LogP contribution in [0.1, 0.15) is 31.9 Å². The van der Waals surface area contributed by atoms with Gasteiger partial charge < -0.3 is 5.73 Å².